The normalized spacial score (nSPS) is 10.9. The molecule has 0 radical (unpaired) electrons. The van der Waals surface area contributed by atoms with Gasteiger partial charge in [-0.1, -0.05) is 0 Å². The predicted molar refractivity (Wildman–Crippen MR) is 74.2 cm³/mol. The number of fused-ring (bicyclic) bond motifs is 1. The molecule has 0 aliphatic heterocycles. The smallest absolute Gasteiger partial charge is 0.226 e. The van der Waals surface area contributed by atoms with Crippen LogP contribution in [-0.2, 0) is 13.6 Å². The van der Waals surface area contributed by atoms with Crippen molar-refractivity contribution in [3.05, 3.63) is 18.3 Å². The lowest BCUT2D eigenvalue weighted by Gasteiger charge is -2.08. The van der Waals surface area contributed by atoms with E-state index in [1.165, 1.54) is 0 Å². The van der Waals surface area contributed by atoms with Crippen molar-refractivity contribution in [3.8, 4) is 0 Å². The average molecular weight is 273 g/mol. The highest BCUT2D eigenvalue weighted by molar-refractivity contribution is 5.86. The zero-order chi connectivity index (χ0) is 13.9. The summed E-state index contributed by atoms with van der Waals surface area (Å²) in [5, 5.41) is 21.9. The summed E-state index contributed by atoms with van der Waals surface area (Å²) in [6, 6.07) is 0. The Morgan fingerprint density at radius 2 is 2.20 bits per heavy atom. The van der Waals surface area contributed by atoms with Crippen LogP contribution in [0.1, 0.15) is 12.7 Å². The summed E-state index contributed by atoms with van der Waals surface area (Å²) in [4.78, 5) is 8.78. The number of anilines is 2. The van der Waals surface area contributed by atoms with Crippen LogP contribution in [0.3, 0.4) is 0 Å². The second kappa shape index (κ2) is 5.11. The predicted octanol–water partition coefficient (Wildman–Crippen LogP) is 0.525. The Bertz CT molecular complexity index is 714. The summed E-state index contributed by atoms with van der Waals surface area (Å²) in [7, 11) is 1.90. The number of H-pyrrole nitrogens is 1. The molecule has 3 heterocycles. The monoisotopic (exact) mass is 273 g/mol. The molecule has 9 heteroatoms. The second-order valence-corrected chi connectivity index (χ2v) is 4.27. The number of hydrogen-bond donors (Lipinski definition) is 3. The maximum atomic E-state index is 4.44. The minimum atomic E-state index is 0.527. The Morgan fingerprint density at radius 3 is 2.95 bits per heavy atom. The van der Waals surface area contributed by atoms with Gasteiger partial charge in [-0.05, 0) is 6.92 Å². The number of nitrogens with zero attached hydrogens (tertiary/aromatic N) is 6. The zero-order valence-corrected chi connectivity index (χ0v) is 11.3. The molecule has 0 unspecified atom stereocenters. The molecule has 0 aliphatic carbocycles. The van der Waals surface area contributed by atoms with Gasteiger partial charge in [-0.3, -0.25) is 5.10 Å². The largest absolute Gasteiger partial charge is 0.362 e. The molecule has 3 N–H and O–H groups in total. The van der Waals surface area contributed by atoms with E-state index < -0.39 is 0 Å². The molecule has 3 aromatic rings. The van der Waals surface area contributed by atoms with E-state index in [1.807, 2.05) is 18.5 Å². The average Bonchev–Trinajstić information content (AvgIpc) is 3.05. The molecule has 0 atom stereocenters. The molecule has 0 amide bonds. The molecule has 0 saturated carbocycles. The van der Waals surface area contributed by atoms with E-state index in [4.69, 9.17) is 0 Å². The Kier molecular flexibility index (Phi) is 3.15. The van der Waals surface area contributed by atoms with Crippen molar-refractivity contribution < 1.29 is 0 Å². The van der Waals surface area contributed by atoms with Crippen LogP contribution in [0, 0.1) is 0 Å². The van der Waals surface area contributed by atoms with Crippen LogP contribution < -0.4 is 10.6 Å². The van der Waals surface area contributed by atoms with Gasteiger partial charge >= 0.3 is 0 Å². The molecule has 20 heavy (non-hydrogen) atoms. The van der Waals surface area contributed by atoms with Crippen molar-refractivity contribution in [2.75, 3.05) is 17.2 Å². The van der Waals surface area contributed by atoms with Gasteiger partial charge in [-0.15, -0.1) is 10.2 Å². The van der Waals surface area contributed by atoms with Crippen molar-refractivity contribution in [3.63, 3.8) is 0 Å². The summed E-state index contributed by atoms with van der Waals surface area (Å²) in [5.41, 5.74) is 0.691. The highest BCUT2D eigenvalue weighted by Crippen LogP contribution is 2.20. The van der Waals surface area contributed by atoms with Gasteiger partial charge in [-0.2, -0.15) is 15.1 Å². The standard InChI is InChI=1S/C11H15N9/c1-3-12-11-16-9(7-4-14-19-10(7)17-11)13-5-8-18-15-6-20(8)2/h4,6H,3,5H2,1-2H3,(H3,12,13,14,16,17,19). The van der Waals surface area contributed by atoms with Crippen molar-refractivity contribution in [1.82, 2.24) is 34.9 Å². The van der Waals surface area contributed by atoms with Gasteiger partial charge in [0, 0.05) is 13.6 Å². The zero-order valence-electron chi connectivity index (χ0n) is 11.3. The lowest BCUT2D eigenvalue weighted by Crippen LogP contribution is -2.09. The quantitative estimate of drug-likeness (QED) is 0.622. The van der Waals surface area contributed by atoms with Crippen molar-refractivity contribution in [2.24, 2.45) is 7.05 Å². The summed E-state index contributed by atoms with van der Waals surface area (Å²) < 4.78 is 1.85. The van der Waals surface area contributed by atoms with E-state index in [9.17, 15) is 0 Å². The Morgan fingerprint density at radius 1 is 1.30 bits per heavy atom. The molecule has 3 rings (SSSR count). The molecular weight excluding hydrogens is 258 g/mol. The molecule has 0 saturated heterocycles. The van der Waals surface area contributed by atoms with Crippen molar-refractivity contribution in [1.29, 1.82) is 0 Å². The lowest BCUT2D eigenvalue weighted by atomic mass is 10.4. The molecule has 0 aromatic carbocycles. The first-order valence-corrected chi connectivity index (χ1v) is 6.29. The van der Waals surface area contributed by atoms with E-state index in [2.05, 4.69) is 41.0 Å². The van der Waals surface area contributed by atoms with Crippen molar-refractivity contribution in [2.45, 2.75) is 13.5 Å². The number of aryl methyl sites for hydroxylation is 1. The lowest BCUT2D eigenvalue weighted by molar-refractivity contribution is 0.810. The fourth-order valence-corrected chi connectivity index (χ4v) is 1.84. The van der Waals surface area contributed by atoms with Gasteiger partial charge < -0.3 is 15.2 Å². The fourth-order valence-electron chi connectivity index (χ4n) is 1.84. The Balaban J connectivity index is 1.89. The van der Waals surface area contributed by atoms with Gasteiger partial charge in [0.05, 0.1) is 18.1 Å². The molecule has 104 valence electrons. The Labute approximate surface area is 114 Å². The molecule has 3 aromatic heterocycles. The van der Waals surface area contributed by atoms with Crippen LogP contribution in [0.5, 0.6) is 0 Å². The van der Waals surface area contributed by atoms with Crippen LogP contribution in [0.4, 0.5) is 11.8 Å². The fraction of sp³-hybridized carbons (Fsp3) is 0.364. The topological polar surface area (TPSA) is 109 Å². The molecule has 0 fully saturated rings. The SMILES string of the molecule is CCNc1nc(NCc2nncn2C)c2cn[nH]c2n1. The number of hydrogen-bond acceptors (Lipinski definition) is 7. The minimum absolute atomic E-state index is 0.527. The maximum absolute atomic E-state index is 4.44. The summed E-state index contributed by atoms with van der Waals surface area (Å²) in [6.45, 7) is 3.27. The van der Waals surface area contributed by atoms with E-state index in [1.54, 1.807) is 12.5 Å². The summed E-state index contributed by atoms with van der Waals surface area (Å²) in [5.74, 6) is 2.10. The third-order valence-corrected chi connectivity index (χ3v) is 2.86. The molecule has 9 nitrogen and oxygen atoms in total. The van der Waals surface area contributed by atoms with Crippen LogP contribution in [0.15, 0.2) is 12.5 Å². The molecule has 0 spiro atoms. The highest BCUT2D eigenvalue weighted by atomic mass is 15.3. The summed E-state index contributed by atoms with van der Waals surface area (Å²) in [6.07, 6.45) is 3.36. The van der Waals surface area contributed by atoms with Gasteiger partial charge in [0.25, 0.3) is 0 Å². The first-order valence-electron chi connectivity index (χ1n) is 6.29. The van der Waals surface area contributed by atoms with Gasteiger partial charge in [-0.25, -0.2) is 0 Å². The molecule has 0 aliphatic rings. The maximum Gasteiger partial charge on any atom is 0.226 e. The first-order chi connectivity index (χ1) is 9.78. The van der Waals surface area contributed by atoms with Gasteiger partial charge in [0.15, 0.2) is 11.5 Å². The minimum Gasteiger partial charge on any atom is -0.362 e. The first kappa shape index (κ1) is 12.3. The molecular formula is C11H15N9. The van der Waals surface area contributed by atoms with Gasteiger partial charge in [0.2, 0.25) is 5.95 Å². The van der Waals surface area contributed by atoms with E-state index in [0.717, 1.165) is 17.8 Å². The number of rotatable bonds is 5. The van der Waals surface area contributed by atoms with Crippen LogP contribution in [-0.4, -0.2) is 41.5 Å². The van der Waals surface area contributed by atoms with E-state index >= 15 is 0 Å². The number of aromatic nitrogens is 7. The Hall–Kier alpha value is -2.71. The van der Waals surface area contributed by atoms with Crippen LogP contribution in [0.25, 0.3) is 11.0 Å². The van der Waals surface area contributed by atoms with Gasteiger partial charge in [0.1, 0.15) is 12.1 Å². The third-order valence-electron chi connectivity index (χ3n) is 2.86. The van der Waals surface area contributed by atoms with E-state index in [0.29, 0.717) is 24.0 Å². The highest BCUT2D eigenvalue weighted by Gasteiger charge is 2.10. The second-order valence-electron chi connectivity index (χ2n) is 4.27. The number of aromatic amines is 1. The third kappa shape index (κ3) is 2.25. The van der Waals surface area contributed by atoms with Crippen molar-refractivity contribution >= 4 is 22.8 Å². The summed E-state index contributed by atoms with van der Waals surface area (Å²) >= 11 is 0. The van der Waals surface area contributed by atoms with Crippen LogP contribution in [0.2, 0.25) is 0 Å². The van der Waals surface area contributed by atoms with Crippen LogP contribution >= 0.6 is 0 Å². The molecule has 0 bridgehead atoms. The number of nitrogens with one attached hydrogen (secondary N) is 3. The van der Waals surface area contributed by atoms with E-state index in [-0.39, 0.29) is 0 Å².